The SMILES string of the molecule is C[C@@H]1CN(C2CCC(n3cc(Nc4nccc(-c5ccc(Cl)c(O[C@@H](C)Cn6cnnn6)c5)n4)c(OCC4CCOCC4)n3)CC2)C[C@H](C)O1. The first-order valence-corrected chi connectivity index (χ1v) is 18.2. The van der Waals surface area contributed by atoms with Crippen molar-refractivity contribution < 1.29 is 18.9 Å². The van der Waals surface area contributed by atoms with E-state index in [0.29, 0.717) is 53.8 Å². The summed E-state index contributed by atoms with van der Waals surface area (Å²) in [7, 11) is 0. The third kappa shape index (κ3) is 8.71. The van der Waals surface area contributed by atoms with Crippen molar-refractivity contribution in [3.05, 3.63) is 48.0 Å². The Hall–Kier alpha value is -3.85. The number of aromatic nitrogens is 8. The molecular formula is C35H47ClN10O4. The van der Waals surface area contributed by atoms with Gasteiger partial charge in [-0.15, -0.1) is 10.2 Å². The summed E-state index contributed by atoms with van der Waals surface area (Å²) in [6.45, 7) is 10.9. The van der Waals surface area contributed by atoms with E-state index in [-0.39, 0.29) is 18.3 Å². The number of benzene rings is 1. The first-order chi connectivity index (χ1) is 24.4. The third-order valence-electron chi connectivity index (χ3n) is 9.79. The predicted molar refractivity (Wildman–Crippen MR) is 188 cm³/mol. The van der Waals surface area contributed by atoms with Crippen LogP contribution in [0.4, 0.5) is 11.6 Å². The number of morpholine rings is 1. The van der Waals surface area contributed by atoms with E-state index >= 15 is 0 Å². The van der Waals surface area contributed by atoms with Crippen molar-refractivity contribution in [1.82, 2.24) is 44.9 Å². The van der Waals surface area contributed by atoms with Gasteiger partial charge in [0.2, 0.25) is 5.95 Å². The van der Waals surface area contributed by atoms with Crippen molar-refractivity contribution in [3.8, 4) is 22.9 Å². The van der Waals surface area contributed by atoms with Crippen LogP contribution in [0.25, 0.3) is 11.3 Å². The van der Waals surface area contributed by atoms with E-state index < -0.39 is 0 Å². The minimum atomic E-state index is -0.216. The third-order valence-corrected chi connectivity index (χ3v) is 10.1. The standard InChI is InChI=1S/C35H47ClN10O4/c1-23-17-44(18-24(2)49-23)28-5-7-29(8-6-28)46-20-32(34(41-46)48-21-26-11-14-47-15-12-26)40-35-37-13-10-31(39-35)27-4-9-30(36)33(16-27)50-25(3)19-45-22-38-42-43-45/h4,9-10,13,16,20,22-26,28-29H,5-8,11-12,14-15,17-19,21H2,1-3H3,(H,37,39,40)/t23-,24+,25-,28?,29?/m0/s1. The molecule has 0 spiro atoms. The van der Waals surface area contributed by atoms with Crippen LogP contribution in [0.3, 0.4) is 0 Å². The highest BCUT2D eigenvalue weighted by atomic mass is 35.5. The summed E-state index contributed by atoms with van der Waals surface area (Å²) in [6.07, 6.45) is 12.1. The molecule has 3 aliphatic rings. The van der Waals surface area contributed by atoms with Crippen molar-refractivity contribution in [1.29, 1.82) is 0 Å². The van der Waals surface area contributed by atoms with Crippen LogP contribution in [0.2, 0.25) is 5.02 Å². The van der Waals surface area contributed by atoms with Crippen molar-refractivity contribution >= 4 is 23.2 Å². The van der Waals surface area contributed by atoms with Gasteiger partial charge >= 0.3 is 0 Å². The number of rotatable bonds is 12. The number of halogens is 1. The largest absolute Gasteiger partial charge is 0.487 e. The number of nitrogens with one attached hydrogen (secondary N) is 1. The number of nitrogens with zero attached hydrogens (tertiary/aromatic N) is 9. The van der Waals surface area contributed by atoms with E-state index in [1.165, 1.54) is 0 Å². The molecule has 4 aromatic rings. The molecule has 7 rings (SSSR count). The molecule has 1 aromatic carbocycles. The molecule has 5 heterocycles. The summed E-state index contributed by atoms with van der Waals surface area (Å²) in [4.78, 5) is 12.0. The Morgan fingerprint density at radius 2 is 1.80 bits per heavy atom. The van der Waals surface area contributed by atoms with Crippen molar-refractivity contribution in [2.45, 2.75) is 96.2 Å². The van der Waals surface area contributed by atoms with Crippen LogP contribution in [0.1, 0.15) is 65.3 Å². The van der Waals surface area contributed by atoms with E-state index in [1.807, 2.05) is 31.2 Å². The minimum absolute atomic E-state index is 0.216. The van der Waals surface area contributed by atoms with Gasteiger partial charge in [0.1, 0.15) is 23.9 Å². The first-order valence-electron chi connectivity index (χ1n) is 17.8. The smallest absolute Gasteiger partial charge is 0.256 e. The molecule has 268 valence electrons. The summed E-state index contributed by atoms with van der Waals surface area (Å²) in [5.41, 5.74) is 2.32. The summed E-state index contributed by atoms with van der Waals surface area (Å²) in [6, 6.07) is 8.37. The molecule has 1 aliphatic carbocycles. The average molecular weight is 707 g/mol. The Kier molecular flexibility index (Phi) is 11.1. The fraction of sp³-hybridized carbons (Fsp3) is 0.600. The Bertz CT molecular complexity index is 1670. The van der Waals surface area contributed by atoms with Crippen LogP contribution >= 0.6 is 11.6 Å². The lowest BCUT2D eigenvalue weighted by Crippen LogP contribution is -2.51. The number of ether oxygens (including phenoxy) is 4. The molecule has 0 radical (unpaired) electrons. The van der Waals surface area contributed by atoms with Gasteiger partial charge in [0.05, 0.1) is 48.3 Å². The lowest BCUT2D eigenvalue weighted by Gasteiger charge is -2.42. The fourth-order valence-corrected chi connectivity index (χ4v) is 7.46. The van der Waals surface area contributed by atoms with Gasteiger partial charge in [0.25, 0.3) is 5.88 Å². The molecule has 2 aliphatic heterocycles. The summed E-state index contributed by atoms with van der Waals surface area (Å²) < 4.78 is 27.8. The quantitative estimate of drug-likeness (QED) is 0.196. The molecule has 0 amide bonds. The van der Waals surface area contributed by atoms with Crippen LogP contribution in [-0.4, -0.2) is 102 Å². The van der Waals surface area contributed by atoms with E-state index in [1.54, 1.807) is 17.2 Å². The Labute approximate surface area is 297 Å². The second kappa shape index (κ2) is 16.0. The van der Waals surface area contributed by atoms with Gasteiger partial charge in [-0.05, 0) is 93.8 Å². The summed E-state index contributed by atoms with van der Waals surface area (Å²) in [5, 5.41) is 20.2. The summed E-state index contributed by atoms with van der Waals surface area (Å²) in [5.74, 6) is 2.01. The van der Waals surface area contributed by atoms with Gasteiger partial charge in [-0.2, -0.15) is 0 Å². The maximum Gasteiger partial charge on any atom is 0.256 e. The number of hydrogen-bond donors (Lipinski definition) is 1. The van der Waals surface area contributed by atoms with Gasteiger partial charge < -0.3 is 24.3 Å². The zero-order valence-electron chi connectivity index (χ0n) is 29.0. The first kappa shape index (κ1) is 34.6. The average Bonchev–Trinajstić information content (AvgIpc) is 3.78. The molecule has 50 heavy (non-hydrogen) atoms. The van der Waals surface area contributed by atoms with E-state index in [9.17, 15) is 0 Å². The second-order valence-electron chi connectivity index (χ2n) is 13.9. The maximum absolute atomic E-state index is 6.52. The Morgan fingerprint density at radius 1 is 1.02 bits per heavy atom. The highest BCUT2D eigenvalue weighted by molar-refractivity contribution is 6.32. The predicted octanol–water partition coefficient (Wildman–Crippen LogP) is 5.59. The molecular weight excluding hydrogens is 660 g/mol. The molecule has 0 unspecified atom stereocenters. The lowest BCUT2D eigenvalue weighted by atomic mass is 9.89. The number of hydrogen-bond acceptors (Lipinski definition) is 12. The van der Waals surface area contributed by atoms with Gasteiger partial charge in [-0.3, -0.25) is 9.58 Å². The molecule has 2 saturated heterocycles. The second-order valence-corrected chi connectivity index (χ2v) is 14.3. The van der Waals surface area contributed by atoms with Crippen molar-refractivity contribution in [3.63, 3.8) is 0 Å². The number of anilines is 2. The van der Waals surface area contributed by atoms with Crippen LogP contribution in [0.15, 0.2) is 43.0 Å². The highest BCUT2D eigenvalue weighted by Crippen LogP contribution is 2.36. The van der Waals surface area contributed by atoms with Gasteiger partial charge in [0.15, 0.2) is 0 Å². The van der Waals surface area contributed by atoms with Crippen LogP contribution < -0.4 is 14.8 Å². The molecule has 3 fully saturated rings. The van der Waals surface area contributed by atoms with Crippen LogP contribution in [-0.2, 0) is 16.0 Å². The molecule has 1 saturated carbocycles. The van der Waals surface area contributed by atoms with Gasteiger partial charge in [-0.1, -0.05) is 17.7 Å². The highest BCUT2D eigenvalue weighted by Gasteiger charge is 2.32. The lowest BCUT2D eigenvalue weighted by molar-refractivity contribution is -0.0852. The maximum atomic E-state index is 6.52. The van der Waals surface area contributed by atoms with E-state index in [0.717, 1.165) is 81.8 Å². The zero-order chi connectivity index (χ0) is 34.5. The molecule has 0 bridgehead atoms. The van der Waals surface area contributed by atoms with E-state index in [4.69, 9.17) is 40.6 Å². The van der Waals surface area contributed by atoms with Gasteiger partial charge in [-0.25, -0.2) is 14.6 Å². The monoisotopic (exact) mass is 706 g/mol. The fourth-order valence-electron chi connectivity index (χ4n) is 7.30. The molecule has 3 aromatic heterocycles. The van der Waals surface area contributed by atoms with Crippen molar-refractivity contribution in [2.24, 2.45) is 5.92 Å². The normalized spacial score (nSPS) is 24.2. The topological polar surface area (TPSA) is 139 Å². The Morgan fingerprint density at radius 3 is 2.56 bits per heavy atom. The zero-order valence-corrected chi connectivity index (χ0v) is 29.8. The van der Waals surface area contributed by atoms with Crippen LogP contribution in [0.5, 0.6) is 11.6 Å². The summed E-state index contributed by atoms with van der Waals surface area (Å²) >= 11 is 6.52. The Balaban J connectivity index is 1.06. The van der Waals surface area contributed by atoms with Crippen LogP contribution in [0, 0.1) is 5.92 Å². The molecule has 1 N–H and O–H groups in total. The van der Waals surface area contributed by atoms with Crippen molar-refractivity contribution in [2.75, 3.05) is 38.2 Å². The van der Waals surface area contributed by atoms with Gasteiger partial charge in [0, 0.05) is 44.1 Å². The number of tetrazole rings is 1. The molecule has 14 nitrogen and oxygen atoms in total. The molecule has 3 atom stereocenters. The minimum Gasteiger partial charge on any atom is -0.487 e. The molecule has 15 heteroatoms. The van der Waals surface area contributed by atoms with E-state index in [2.05, 4.69) is 55.5 Å².